The molecule has 1 N–H and O–H groups in total. The molecule has 2 heteroatoms. The maximum absolute atomic E-state index is 3.67. The Morgan fingerprint density at radius 2 is 1.26 bits per heavy atom. The second-order valence-electron chi connectivity index (χ2n) is 5.73. The van der Waals surface area contributed by atoms with E-state index in [2.05, 4.69) is 35.1 Å². The normalized spacial score (nSPS) is 12.8. The van der Waals surface area contributed by atoms with Gasteiger partial charge >= 0.3 is 0 Å². The first-order valence-electron chi connectivity index (χ1n) is 8.66. The van der Waals surface area contributed by atoms with Crippen molar-refractivity contribution in [2.45, 2.75) is 95.7 Å². The minimum Gasteiger partial charge on any atom is -0.317 e. The molecule has 1 unspecified atom stereocenters. The molecule has 0 aliphatic carbocycles. The van der Waals surface area contributed by atoms with Crippen LogP contribution in [0.2, 0.25) is 0 Å². The topological polar surface area (TPSA) is 12.0 Å². The summed E-state index contributed by atoms with van der Waals surface area (Å²) in [7, 11) is 0. The van der Waals surface area contributed by atoms with Gasteiger partial charge in [-0.3, -0.25) is 0 Å². The number of hydrogen-bond acceptors (Lipinski definition) is 1. The summed E-state index contributed by atoms with van der Waals surface area (Å²) in [6, 6.07) is 0. The zero-order chi connectivity index (χ0) is 14.2. The fourth-order valence-corrected chi connectivity index (χ4v) is 2.55. The van der Waals surface area contributed by atoms with Crippen molar-refractivity contribution in [2.75, 3.05) is 13.1 Å². The van der Waals surface area contributed by atoms with Gasteiger partial charge in [0.15, 0.2) is 0 Å². The molecule has 0 radical (unpaired) electrons. The molecule has 1 atom stereocenters. The molecule has 1 nitrogen and oxygen atoms in total. The van der Waals surface area contributed by atoms with Gasteiger partial charge in [0.1, 0.15) is 0 Å². The summed E-state index contributed by atoms with van der Waals surface area (Å²) >= 11 is 3.67. The zero-order valence-electron chi connectivity index (χ0n) is 13.4. The second kappa shape index (κ2) is 16.5. The van der Waals surface area contributed by atoms with Crippen molar-refractivity contribution in [3.05, 3.63) is 0 Å². The van der Waals surface area contributed by atoms with Crippen molar-refractivity contribution >= 4 is 15.9 Å². The van der Waals surface area contributed by atoms with Crippen LogP contribution in [0.15, 0.2) is 0 Å². The highest BCUT2D eigenvalue weighted by Crippen LogP contribution is 2.10. The predicted octanol–water partition coefficient (Wildman–Crippen LogP) is 6.06. The summed E-state index contributed by atoms with van der Waals surface area (Å²) in [5, 5.41) is 3.55. The third-order valence-electron chi connectivity index (χ3n) is 3.78. The van der Waals surface area contributed by atoms with Gasteiger partial charge in [-0.2, -0.15) is 0 Å². The Kier molecular flexibility index (Phi) is 16.9. The smallest absolute Gasteiger partial charge is 0.0155 e. The lowest BCUT2D eigenvalue weighted by atomic mass is 10.1. The van der Waals surface area contributed by atoms with Crippen LogP contribution < -0.4 is 5.32 Å². The van der Waals surface area contributed by atoms with Crippen LogP contribution >= 0.6 is 15.9 Å². The van der Waals surface area contributed by atoms with Gasteiger partial charge in [-0.15, -0.1) is 0 Å². The summed E-state index contributed by atoms with van der Waals surface area (Å²) in [6.07, 6.45) is 16.8. The van der Waals surface area contributed by atoms with Gasteiger partial charge < -0.3 is 5.32 Å². The van der Waals surface area contributed by atoms with Crippen LogP contribution in [0.4, 0.5) is 0 Å². The largest absolute Gasteiger partial charge is 0.317 e. The predicted molar refractivity (Wildman–Crippen MR) is 92.3 cm³/mol. The maximum Gasteiger partial charge on any atom is 0.0155 e. The molecule has 0 fully saturated rings. The molecule has 0 aromatic heterocycles. The highest BCUT2D eigenvalue weighted by atomic mass is 79.9. The van der Waals surface area contributed by atoms with E-state index < -0.39 is 0 Å². The molecule has 0 amide bonds. The van der Waals surface area contributed by atoms with E-state index in [0.717, 1.165) is 0 Å². The van der Waals surface area contributed by atoms with Crippen LogP contribution in [-0.4, -0.2) is 17.9 Å². The summed E-state index contributed by atoms with van der Waals surface area (Å²) in [5.74, 6) is 0. The number of halogens is 1. The van der Waals surface area contributed by atoms with Gasteiger partial charge in [0, 0.05) is 4.83 Å². The van der Waals surface area contributed by atoms with Crippen molar-refractivity contribution in [1.82, 2.24) is 5.32 Å². The van der Waals surface area contributed by atoms with Crippen LogP contribution in [0.5, 0.6) is 0 Å². The molecule has 19 heavy (non-hydrogen) atoms. The number of rotatable bonds is 15. The van der Waals surface area contributed by atoms with Crippen LogP contribution in [0, 0.1) is 0 Å². The van der Waals surface area contributed by atoms with Crippen LogP contribution in [0.1, 0.15) is 90.9 Å². The number of alkyl halides is 1. The summed E-state index contributed by atoms with van der Waals surface area (Å²) in [6.45, 7) is 6.90. The van der Waals surface area contributed by atoms with Gasteiger partial charge in [0.05, 0.1) is 0 Å². The highest BCUT2D eigenvalue weighted by molar-refractivity contribution is 9.09. The third kappa shape index (κ3) is 16.4. The van der Waals surface area contributed by atoms with E-state index in [1.54, 1.807) is 0 Å². The average molecular weight is 334 g/mol. The molecule has 0 aliphatic rings. The molecular weight excluding hydrogens is 298 g/mol. The van der Waals surface area contributed by atoms with E-state index in [-0.39, 0.29) is 0 Å². The van der Waals surface area contributed by atoms with Crippen molar-refractivity contribution in [1.29, 1.82) is 0 Å². The molecule has 0 heterocycles. The SMILES string of the molecule is CCCCCCCCCCCCNCCC(Br)CC. The van der Waals surface area contributed by atoms with E-state index in [1.807, 2.05) is 0 Å². The van der Waals surface area contributed by atoms with Gasteiger partial charge in [0.2, 0.25) is 0 Å². The number of hydrogen-bond donors (Lipinski definition) is 1. The minimum atomic E-state index is 0.702. The first-order valence-corrected chi connectivity index (χ1v) is 9.57. The number of nitrogens with one attached hydrogen (secondary N) is 1. The maximum atomic E-state index is 3.67. The van der Waals surface area contributed by atoms with E-state index in [1.165, 1.54) is 90.1 Å². The monoisotopic (exact) mass is 333 g/mol. The first-order chi connectivity index (χ1) is 9.31. The van der Waals surface area contributed by atoms with Crippen molar-refractivity contribution < 1.29 is 0 Å². The van der Waals surface area contributed by atoms with Gasteiger partial charge in [-0.1, -0.05) is 87.6 Å². The minimum absolute atomic E-state index is 0.702. The molecule has 0 aliphatic heterocycles. The molecule has 0 saturated heterocycles. The van der Waals surface area contributed by atoms with E-state index in [0.29, 0.717) is 4.83 Å². The Morgan fingerprint density at radius 3 is 1.79 bits per heavy atom. The average Bonchev–Trinajstić information content (AvgIpc) is 2.43. The van der Waals surface area contributed by atoms with E-state index >= 15 is 0 Å². The molecule has 0 spiro atoms. The van der Waals surface area contributed by atoms with Crippen molar-refractivity contribution in [2.24, 2.45) is 0 Å². The fraction of sp³-hybridized carbons (Fsp3) is 1.00. The summed E-state index contributed by atoms with van der Waals surface area (Å²) in [5.41, 5.74) is 0. The third-order valence-corrected chi connectivity index (χ3v) is 4.89. The Balaban J connectivity index is 2.95. The Labute approximate surface area is 130 Å². The van der Waals surface area contributed by atoms with Crippen LogP contribution in [0.3, 0.4) is 0 Å². The molecule has 116 valence electrons. The van der Waals surface area contributed by atoms with Crippen molar-refractivity contribution in [3.63, 3.8) is 0 Å². The Hall–Kier alpha value is 0.440. The molecule has 0 aromatic carbocycles. The van der Waals surface area contributed by atoms with E-state index in [9.17, 15) is 0 Å². The van der Waals surface area contributed by atoms with E-state index in [4.69, 9.17) is 0 Å². The molecular formula is C17H36BrN. The molecule has 0 bridgehead atoms. The standard InChI is InChI=1S/C17H36BrN/c1-3-5-6-7-8-9-10-11-12-13-15-19-16-14-17(18)4-2/h17,19H,3-16H2,1-2H3. The van der Waals surface area contributed by atoms with Crippen LogP contribution in [0.25, 0.3) is 0 Å². The van der Waals surface area contributed by atoms with Gasteiger partial charge in [-0.05, 0) is 32.4 Å². The Bertz CT molecular complexity index is 161. The fourth-order valence-electron chi connectivity index (χ4n) is 2.33. The zero-order valence-corrected chi connectivity index (χ0v) is 14.9. The number of unbranched alkanes of at least 4 members (excludes halogenated alkanes) is 9. The first kappa shape index (κ1) is 19.4. The molecule has 0 aromatic rings. The second-order valence-corrected chi connectivity index (χ2v) is 7.02. The Morgan fingerprint density at radius 1 is 0.737 bits per heavy atom. The van der Waals surface area contributed by atoms with Crippen molar-refractivity contribution in [3.8, 4) is 0 Å². The lowest BCUT2D eigenvalue weighted by Crippen LogP contribution is -2.19. The molecule has 0 saturated carbocycles. The summed E-state index contributed by atoms with van der Waals surface area (Å²) < 4.78 is 0. The van der Waals surface area contributed by atoms with Crippen LogP contribution in [-0.2, 0) is 0 Å². The summed E-state index contributed by atoms with van der Waals surface area (Å²) in [4.78, 5) is 0.702. The molecule has 0 rings (SSSR count). The lowest BCUT2D eigenvalue weighted by Gasteiger charge is -2.08. The highest BCUT2D eigenvalue weighted by Gasteiger charge is 1.99. The quantitative estimate of drug-likeness (QED) is 0.283. The van der Waals surface area contributed by atoms with Gasteiger partial charge in [0.25, 0.3) is 0 Å². The van der Waals surface area contributed by atoms with Gasteiger partial charge in [-0.25, -0.2) is 0 Å². The lowest BCUT2D eigenvalue weighted by molar-refractivity contribution is 0.539.